The Kier molecular flexibility index (Phi) is 3.25. The first-order chi connectivity index (χ1) is 7.77. The smallest absolute Gasteiger partial charge is 0.180 e. The standard InChI is InChI=1S/C13H17NO2/c1-14-8-12(15)11-7-6-9-4-3-5-10(9)13(11)16-2/h6-7,14H,3-5,8H2,1-2H3. The number of carbonyl (C=O) groups excluding carboxylic acids is 1. The molecular weight excluding hydrogens is 202 g/mol. The van der Waals surface area contributed by atoms with E-state index in [4.69, 9.17) is 4.74 Å². The zero-order valence-corrected chi connectivity index (χ0v) is 9.80. The van der Waals surface area contributed by atoms with E-state index in [1.54, 1.807) is 14.2 Å². The third-order valence-electron chi connectivity index (χ3n) is 3.07. The average molecular weight is 219 g/mol. The molecule has 0 fully saturated rings. The second kappa shape index (κ2) is 4.66. The minimum atomic E-state index is 0.0917. The lowest BCUT2D eigenvalue weighted by Gasteiger charge is -2.12. The number of ether oxygens (including phenoxy) is 1. The van der Waals surface area contributed by atoms with Crippen LogP contribution in [0.5, 0.6) is 5.75 Å². The molecule has 0 saturated heterocycles. The number of hydrogen-bond donors (Lipinski definition) is 1. The van der Waals surface area contributed by atoms with Crippen LogP contribution in [0.15, 0.2) is 12.1 Å². The van der Waals surface area contributed by atoms with Crippen LogP contribution < -0.4 is 10.1 Å². The molecule has 0 atom stereocenters. The Morgan fingerprint density at radius 2 is 2.25 bits per heavy atom. The highest BCUT2D eigenvalue weighted by atomic mass is 16.5. The van der Waals surface area contributed by atoms with Crippen molar-refractivity contribution in [3.05, 3.63) is 28.8 Å². The Morgan fingerprint density at radius 3 is 2.94 bits per heavy atom. The lowest BCUT2D eigenvalue weighted by Crippen LogP contribution is -2.19. The van der Waals surface area contributed by atoms with E-state index in [2.05, 4.69) is 11.4 Å². The molecule has 86 valence electrons. The van der Waals surface area contributed by atoms with Gasteiger partial charge in [0.2, 0.25) is 0 Å². The van der Waals surface area contributed by atoms with Gasteiger partial charge < -0.3 is 10.1 Å². The van der Waals surface area contributed by atoms with E-state index >= 15 is 0 Å². The highest BCUT2D eigenvalue weighted by Gasteiger charge is 2.21. The Morgan fingerprint density at radius 1 is 1.44 bits per heavy atom. The lowest BCUT2D eigenvalue weighted by molar-refractivity contribution is 0.0990. The van der Waals surface area contributed by atoms with Crippen molar-refractivity contribution < 1.29 is 9.53 Å². The molecule has 1 aromatic rings. The van der Waals surface area contributed by atoms with Gasteiger partial charge in [-0.15, -0.1) is 0 Å². The molecule has 1 N–H and O–H groups in total. The summed E-state index contributed by atoms with van der Waals surface area (Å²) in [5.74, 6) is 0.879. The summed E-state index contributed by atoms with van der Waals surface area (Å²) in [7, 11) is 3.42. The molecular formula is C13H17NO2. The summed E-state index contributed by atoms with van der Waals surface area (Å²) in [6, 6.07) is 3.95. The monoisotopic (exact) mass is 219 g/mol. The topological polar surface area (TPSA) is 38.3 Å². The van der Waals surface area contributed by atoms with Gasteiger partial charge in [-0.2, -0.15) is 0 Å². The van der Waals surface area contributed by atoms with Crippen LogP contribution in [0.25, 0.3) is 0 Å². The van der Waals surface area contributed by atoms with Gasteiger partial charge in [-0.3, -0.25) is 4.79 Å². The molecule has 1 aliphatic rings. The van der Waals surface area contributed by atoms with Gasteiger partial charge in [-0.1, -0.05) is 6.07 Å². The van der Waals surface area contributed by atoms with Crippen LogP contribution in [-0.2, 0) is 12.8 Å². The number of carbonyl (C=O) groups is 1. The molecule has 3 nitrogen and oxygen atoms in total. The van der Waals surface area contributed by atoms with Crippen molar-refractivity contribution in [2.24, 2.45) is 0 Å². The molecule has 16 heavy (non-hydrogen) atoms. The maximum Gasteiger partial charge on any atom is 0.180 e. The summed E-state index contributed by atoms with van der Waals surface area (Å²) < 4.78 is 5.41. The van der Waals surface area contributed by atoms with Crippen LogP contribution in [0.4, 0.5) is 0 Å². The first-order valence-corrected chi connectivity index (χ1v) is 5.64. The van der Waals surface area contributed by atoms with E-state index in [9.17, 15) is 4.79 Å². The van der Waals surface area contributed by atoms with Crippen LogP contribution in [0.2, 0.25) is 0 Å². The van der Waals surface area contributed by atoms with Gasteiger partial charge in [-0.05, 0) is 43.5 Å². The van der Waals surface area contributed by atoms with Crippen molar-refractivity contribution in [3.63, 3.8) is 0 Å². The molecule has 0 unspecified atom stereocenters. The van der Waals surface area contributed by atoms with Crippen LogP contribution in [-0.4, -0.2) is 26.5 Å². The largest absolute Gasteiger partial charge is 0.496 e. The van der Waals surface area contributed by atoms with E-state index in [1.165, 1.54) is 11.1 Å². The predicted octanol–water partition coefficient (Wildman–Crippen LogP) is 1.59. The number of aryl methyl sites for hydroxylation is 1. The minimum absolute atomic E-state index is 0.0917. The summed E-state index contributed by atoms with van der Waals surface area (Å²) in [5.41, 5.74) is 3.26. The van der Waals surface area contributed by atoms with Crippen LogP contribution in [0.1, 0.15) is 27.9 Å². The highest BCUT2D eigenvalue weighted by Crippen LogP contribution is 2.33. The number of benzene rings is 1. The molecule has 2 rings (SSSR count). The first-order valence-electron chi connectivity index (χ1n) is 5.64. The van der Waals surface area contributed by atoms with Gasteiger partial charge in [0.1, 0.15) is 5.75 Å². The lowest BCUT2D eigenvalue weighted by atomic mass is 10.0. The van der Waals surface area contributed by atoms with Crippen molar-refractivity contribution in [1.82, 2.24) is 5.32 Å². The maximum atomic E-state index is 11.9. The van der Waals surface area contributed by atoms with Gasteiger partial charge in [-0.25, -0.2) is 0 Å². The number of nitrogens with one attached hydrogen (secondary N) is 1. The van der Waals surface area contributed by atoms with Crippen molar-refractivity contribution in [1.29, 1.82) is 0 Å². The second-order valence-corrected chi connectivity index (χ2v) is 4.09. The molecule has 0 spiro atoms. The molecule has 0 saturated carbocycles. The minimum Gasteiger partial charge on any atom is -0.496 e. The number of rotatable bonds is 4. The fourth-order valence-corrected chi connectivity index (χ4v) is 2.34. The number of fused-ring (bicyclic) bond motifs is 1. The summed E-state index contributed by atoms with van der Waals surface area (Å²) in [5, 5.41) is 2.88. The number of ketones is 1. The molecule has 0 aromatic heterocycles. The zero-order chi connectivity index (χ0) is 11.5. The number of Topliss-reactive ketones (excluding diaryl/α,β-unsaturated/α-hetero) is 1. The van der Waals surface area contributed by atoms with Gasteiger partial charge in [0.05, 0.1) is 19.2 Å². The molecule has 0 aliphatic heterocycles. The van der Waals surface area contributed by atoms with Crippen LogP contribution >= 0.6 is 0 Å². The van der Waals surface area contributed by atoms with Gasteiger partial charge in [0.25, 0.3) is 0 Å². The Bertz CT molecular complexity index is 413. The van der Waals surface area contributed by atoms with Crippen molar-refractivity contribution in [2.45, 2.75) is 19.3 Å². The Hall–Kier alpha value is -1.35. The average Bonchev–Trinajstić information content (AvgIpc) is 2.75. The van der Waals surface area contributed by atoms with Crippen molar-refractivity contribution in [2.75, 3.05) is 20.7 Å². The van der Waals surface area contributed by atoms with E-state index in [0.717, 1.165) is 25.0 Å². The van der Waals surface area contributed by atoms with Crippen molar-refractivity contribution in [3.8, 4) is 5.75 Å². The summed E-state index contributed by atoms with van der Waals surface area (Å²) in [6.45, 7) is 0.356. The van der Waals surface area contributed by atoms with Crippen molar-refractivity contribution >= 4 is 5.78 Å². The molecule has 3 heteroatoms. The Labute approximate surface area is 95.8 Å². The molecule has 0 heterocycles. The molecule has 1 aromatic carbocycles. The number of likely N-dealkylation sites (N-methyl/N-ethyl adjacent to an activating group) is 1. The molecule has 0 bridgehead atoms. The quantitative estimate of drug-likeness (QED) is 0.781. The Balaban J connectivity index is 2.42. The molecule has 0 amide bonds. The van der Waals surface area contributed by atoms with E-state index in [0.29, 0.717) is 12.1 Å². The van der Waals surface area contributed by atoms with Gasteiger partial charge in [0, 0.05) is 0 Å². The van der Waals surface area contributed by atoms with Gasteiger partial charge >= 0.3 is 0 Å². The molecule has 1 aliphatic carbocycles. The summed E-state index contributed by atoms with van der Waals surface area (Å²) >= 11 is 0. The third kappa shape index (κ3) is 1.83. The zero-order valence-electron chi connectivity index (χ0n) is 9.80. The summed E-state index contributed by atoms with van der Waals surface area (Å²) in [6.07, 6.45) is 3.29. The van der Waals surface area contributed by atoms with E-state index in [-0.39, 0.29) is 5.78 Å². The predicted molar refractivity (Wildman–Crippen MR) is 63.3 cm³/mol. The van der Waals surface area contributed by atoms with Crippen LogP contribution in [0.3, 0.4) is 0 Å². The fraction of sp³-hybridized carbons (Fsp3) is 0.462. The summed E-state index contributed by atoms with van der Waals surface area (Å²) in [4.78, 5) is 11.9. The normalized spacial score (nSPS) is 13.6. The first kappa shape index (κ1) is 11.1. The fourth-order valence-electron chi connectivity index (χ4n) is 2.34. The third-order valence-corrected chi connectivity index (χ3v) is 3.07. The number of methoxy groups -OCH3 is 1. The van der Waals surface area contributed by atoms with E-state index < -0.39 is 0 Å². The van der Waals surface area contributed by atoms with Crippen LogP contribution in [0, 0.1) is 0 Å². The highest BCUT2D eigenvalue weighted by molar-refractivity contribution is 6.00. The second-order valence-electron chi connectivity index (χ2n) is 4.09. The number of hydrogen-bond acceptors (Lipinski definition) is 3. The van der Waals surface area contributed by atoms with Gasteiger partial charge in [0.15, 0.2) is 5.78 Å². The SMILES string of the molecule is CNCC(=O)c1ccc2c(c1OC)CCC2. The maximum absolute atomic E-state index is 11.9. The molecule has 0 radical (unpaired) electrons. The van der Waals surface area contributed by atoms with E-state index in [1.807, 2.05) is 6.07 Å².